The number of halogens is 1. The molecule has 0 radical (unpaired) electrons. The van der Waals surface area contributed by atoms with Crippen LogP contribution in [0.2, 0.25) is 0 Å². The van der Waals surface area contributed by atoms with Crippen LogP contribution in [0.4, 0.5) is 0 Å². The smallest absolute Gasteiger partial charge is 0.0682 e. The predicted molar refractivity (Wildman–Crippen MR) is 53.7 cm³/mol. The van der Waals surface area contributed by atoms with E-state index in [4.69, 9.17) is 5.73 Å². The summed E-state index contributed by atoms with van der Waals surface area (Å²) in [6.45, 7) is 3.81. The molecule has 4 heteroatoms. The van der Waals surface area contributed by atoms with Gasteiger partial charge in [-0.25, -0.2) is 0 Å². The molecular formula is C7H15IN2O. The van der Waals surface area contributed by atoms with E-state index in [0.717, 1.165) is 19.5 Å². The van der Waals surface area contributed by atoms with Crippen molar-refractivity contribution in [1.82, 2.24) is 4.90 Å². The molecule has 1 aliphatic rings. The van der Waals surface area contributed by atoms with Gasteiger partial charge in [0.15, 0.2) is 0 Å². The number of β-amino-alcohol motifs (C(OH)–C–C–N with tert-alkyl or cyclic N) is 1. The van der Waals surface area contributed by atoms with Gasteiger partial charge in [0.05, 0.1) is 10.2 Å². The normalized spacial score (nSPS) is 37.1. The molecule has 0 bridgehead atoms. The Bertz CT molecular complexity index is 122. The topological polar surface area (TPSA) is 49.5 Å². The summed E-state index contributed by atoms with van der Waals surface area (Å²) in [5.41, 5.74) is 5.75. The fourth-order valence-corrected chi connectivity index (χ4v) is 1.89. The quantitative estimate of drug-likeness (QED) is 0.405. The first kappa shape index (κ1) is 9.70. The van der Waals surface area contributed by atoms with E-state index in [2.05, 4.69) is 34.4 Å². The number of rotatable bonds is 1. The summed E-state index contributed by atoms with van der Waals surface area (Å²) >= 11 is 2.34. The second-order valence-electron chi connectivity index (χ2n) is 3.18. The molecule has 0 aromatic heterocycles. The zero-order chi connectivity index (χ0) is 8.43. The summed E-state index contributed by atoms with van der Waals surface area (Å²) in [5.74, 6) is 0. The molecule has 3 N–H and O–H groups in total. The summed E-state index contributed by atoms with van der Waals surface area (Å²) in [5, 5.41) is 9.37. The molecule has 3 nitrogen and oxygen atoms in total. The molecule has 0 aromatic rings. The average molecular weight is 270 g/mol. The SMILES string of the molecule is CC(I)N1CC(N)CC(O)C1. The third kappa shape index (κ3) is 2.85. The van der Waals surface area contributed by atoms with Gasteiger partial charge in [-0.3, -0.25) is 4.90 Å². The first-order chi connectivity index (χ1) is 5.09. The molecule has 0 aliphatic carbocycles. The van der Waals surface area contributed by atoms with Crippen LogP contribution in [0.1, 0.15) is 13.3 Å². The van der Waals surface area contributed by atoms with E-state index in [1.807, 2.05) is 0 Å². The molecule has 0 spiro atoms. The van der Waals surface area contributed by atoms with Crippen LogP contribution >= 0.6 is 22.6 Å². The largest absolute Gasteiger partial charge is 0.392 e. The lowest BCUT2D eigenvalue weighted by atomic mass is 10.0. The van der Waals surface area contributed by atoms with E-state index < -0.39 is 0 Å². The highest BCUT2D eigenvalue weighted by molar-refractivity contribution is 14.1. The van der Waals surface area contributed by atoms with Gasteiger partial charge in [0.2, 0.25) is 0 Å². The van der Waals surface area contributed by atoms with Gasteiger partial charge in [0, 0.05) is 19.1 Å². The van der Waals surface area contributed by atoms with Gasteiger partial charge < -0.3 is 10.8 Å². The van der Waals surface area contributed by atoms with E-state index in [1.54, 1.807) is 0 Å². The number of aliphatic hydroxyl groups is 1. The Morgan fingerprint density at radius 1 is 1.64 bits per heavy atom. The summed E-state index contributed by atoms with van der Waals surface area (Å²) in [7, 11) is 0. The molecule has 66 valence electrons. The number of piperidine rings is 1. The Hall–Kier alpha value is 0.610. The summed E-state index contributed by atoms with van der Waals surface area (Å²) < 4.78 is 0.466. The monoisotopic (exact) mass is 270 g/mol. The standard InChI is InChI=1S/C7H15IN2O/c1-5(8)10-3-6(9)2-7(11)4-10/h5-7,11H,2-4,9H2,1H3. The Labute approximate surface area is 81.1 Å². The highest BCUT2D eigenvalue weighted by Crippen LogP contribution is 2.15. The maximum atomic E-state index is 9.37. The van der Waals surface area contributed by atoms with Crippen LogP contribution in [-0.4, -0.2) is 39.3 Å². The maximum Gasteiger partial charge on any atom is 0.0682 e. The van der Waals surface area contributed by atoms with Crippen LogP contribution in [0, 0.1) is 0 Å². The molecule has 3 atom stereocenters. The van der Waals surface area contributed by atoms with E-state index in [-0.39, 0.29) is 12.1 Å². The Balaban J connectivity index is 2.43. The lowest BCUT2D eigenvalue weighted by Crippen LogP contribution is -2.50. The summed E-state index contributed by atoms with van der Waals surface area (Å²) in [4.78, 5) is 2.21. The van der Waals surface area contributed by atoms with Crippen LogP contribution in [0.3, 0.4) is 0 Å². The van der Waals surface area contributed by atoms with Crippen molar-refractivity contribution < 1.29 is 5.11 Å². The van der Waals surface area contributed by atoms with Crippen molar-refractivity contribution in [1.29, 1.82) is 0 Å². The number of nitrogens with zero attached hydrogens (tertiary/aromatic N) is 1. The molecule has 11 heavy (non-hydrogen) atoms. The van der Waals surface area contributed by atoms with E-state index >= 15 is 0 Å². The third-order valence-corrected chi connectivity index (χ3v) is 2.78. The fourth-order valence-electron chi connectivity index (χ4n) is 1.44. The van der Waals surface area contributed by atoms with Gasteiger partial charge in [-0.1, -0.05) is 22.6 Å². The minimum Gasteiger partial charge on any atom is -0.392 e. The highest BCUT2D eigenvalue weighted by Gasteiger charge is 2.25. The van der Waals surface area contributed by atoms with E-state index in [0.29, 0.717) is 4.05 Å². The predicted octanol–water partition coefficient (Wildman–Crippen LogP) is 0.161. The molecule has 3 unspecified atom stereocenters. The second kappa shape index (κ2) is 4.02. The van der Waals surface area contributed by atoms with Gasteiger partial charge in [-0.2, -0.15) is 0 Å². The number of likely N-dealkylation sites (tertiary alicyclic amines) is 1. The zero-order valence-corrected chi connectivity index (χ0v) is 8.86. The summed E-state index contributed by atoms with van der Waals surface area (Å²) in [6, 6.07) is 0.149. The molecule has 1 rings (SSSR count). The molecular weight excluding hydrogens is 255 g/mol. The van der Waals surface area contributed by atoms with Crippen LogP contribution in [-0.2, 0) is 0 Å². The van der Waals surface area contributed by atoms with Crippen molar-refractivity contribution in [3.8, 4) is 0 Å². The van der Waals surface area contributed by atoms with E-state index in [9.17, 15) is 5.11 Å². The number of nitrogens with two attached hydrogens (primary N) is 1. The maximum absolute atomic E-state index is 9.37. The van der Waals surface area contributed by atoms with Crippen LogP contribution in [0.15, 0.2) is 0 Å². The minimum atomic E-state index is -0.226. The average Bonchev–Trinajstić information content (AvgIpc) is 1.85. The number of alkyl halides is 1. The number of aliphatic hydroxyl groups excluding tert-OH is 1. The molecule has 0 aromatic carbocycles. The molecule has 0 saturated carbocycles. The van der Waals surface area contributed by atoms with Gasteiger partial charge in [-0.05, 0) is 13.3 Å². The Kier molecular flexibility index (Phi) is 3.54. The van der Waals surface area contributed by atoms with Crippen LogP contribution < -0.4 is 5.73 Å². The van der Waals surface area contributed by atoms with Gasteiger partial charge >= 0.3 is 0 Å². The molecule has 1 saturated heterocycles. The van der Waals surface area contributed by atoms with Gasteiger partial charge in [0.1, 0.15) is 0 Å². The lowest BCUT2D eigenvalue weighted by Gasteiger charge is -2.35. The number of hydrogen-bond acceptors (Lipinski definition) is 3. The van der Waals surface area contributed by atoms with Crippen molar-refractivity contribution >= 4 is 22.6 Å². The van der Waals surface area contributed by atoms with Gasteiger partial charge in [0.25, 0.3) is 0 Å². The molecule has 1 aliphatic heterocycles. The first-order valence-corrected chi connectivity index (χ1v) is 5.16. The zero-order valence-electron chi connectivity index (χ0n) is 6.70. The molecule has 0 amide bonds. The number of hydrogen-bond donors (Lipinski definition) is 2. The summed E-state index contributed by atoms with van der Waals surface area (Å²) in [6.07, 6.45) is 0.524. The second-order valence-corrected chi connectivity index (χ2v) is 4.98. The van der Waals surface area contributed by atoms with Gasteiger partial charge in [-0.15, -0.1) is 0 Å². The Morgan fingerprint density at radius 2 is 2.27 bits per heavy atom. The molecule has 1 heterocycles. The van der Waals surface area contributed by atoms with Crippen LogP contribution in [0.5, 0.6) is 0 Å². The minimum absolute atomic E-state index is 0.149. The lowest BCUT2D eigenvalue weighted by molar-refractivity contribution is 0.0600. The Morgan fingerprint density at radius 3 is 2.73 bits per heavy atom. The fraction of sp³-hybridized carbons (Fsp3) is 1.00. The van der Waals surface area contributed by atoms with Crippen molar-refractivity contribution in [2.45, 2.75) is 29.5 Å². The third-order valence-electron chi connectivity index (χ3n) is 1.99. The van der Waals surface area contributed by atoms with Crippen molar-refractivity contribution in [2.24, 2.45) is 5.73 Å². The highest BCUT2D eigenvalue weighted by atomic mass is 127. The van der Waals surface area contributed by atoms with Crippen molar-refractivity contribution in [3.05, 3.63) is 0 Å². The van der Waals surface area contributed by atoms with Crippen molar-refractivity contribution in [2.75, 3.05) is 13.1 Å². The molecule has 1 fully saturated rings. The van der Waals surface area contributed by atoms with Crippen LogP contribution in [0.25, 0.3) is 0 Å². The van der Waals surface area contributed by atoms with E-state index in [1.165, 1.54) is 0 Å². The first-order valence-electron chi connectivity index (χ1n) is 3.91. The van der Waals surface area contributed by atoms with Crippen molar-refractivity contribution in [3.63, 3.8) is 0 Å².